The van der Waals surface area contributed by atoms with E-state index in [0.717, 1.165) is 36.4 Å². The van der Waals surface area contributed by atoms with Crippen LogP contribution in [0, 0.1) is 0 Å². The van der Waals surface area contributed by atoms with Crippen molar-refractivity contribution >= 4 is 170 Å². The van der Waals surface area contributed by atoms with Gasteiger partial charge in [0, 0.05) is 16.7 Å². The van der Waals surface area contributed by atoms with Gasteiger partial charge in [0.15, 0.2) is 0 Å². The van der Waals surface area contributed by atoms with E-state index in [1.165, 1.54) is 36.4 Å². The Bertz CT molecular complexity index is 3110. The molecule has 1 aliphatic heterocycles. The zero-order valence-electron chi connectivity index (χ0n) is 29.3. The lowest BCUT2D eigenvalue weighted by Crippen LogP contribution is -2.04. The van der Waals surface area contributed by atoms with Gasteiger partial charge in [-0.25, -0.2) is 4.98 Å². The van der Waals surface area contributed by atoms with Crippen LogP contribution in [0.25, 0.3) is 75.4 Å². The molecule has 3 N–H and O–H groups in total. The molecule has 0 unspecified atom stereocenters. The van der Waals surface area contributed by atoms with Gasteiger partial charge in [0.25, 0.3) is 0 Å². The monoisotopic (exact) mass is 1350 g/mol. The van der Waals surface area contributed by atoms with Gasteiger partial charge in [0.1, 0.15) is 5.69 Å². The van der Waals surface area contributed by atoms with Crippen LogP contribution in [-0.2, 0) is 18.5 Å². The highest BCUT2D eigenvalue weighted by Crippen LogP contribution is 2.51. The molecule has 314 valence electrons. The molecule has 0 spiro atoms. The van der Waals surface area contributed by atoms with Gasteiger partial charge in [0.2, 0.25) is 0 Å². The van der Waals surface area contributed by atoms with E-state index in [1.54, 1.807) is 0 Å². The van der Waals surface area contributed by atoms with E-state index in [0.29, 0.717) is 102 Å². The van der Waals surface area contributed by atoms with Gasteiger partial charge < -0.3 is 15.0 Å². The molecule has 0 fully saturated rings. The molecule has 8 rings (SSSR count). The maximum absolute atomic E-state index is 13.9. The number of hydrogen-bond acceptors (Lipinski definition) is 1. The number of rotatable bonds is 3. The van der Waals surface area contributed by atoms with Gasteiger partial charge >= 0.3 is 18.5 Å². The van der Waals surface area contributed by atoms with Crippen LogP contribution in [0.1, 0.15) is 28.1 Å². The Morgan fingerprint density at radius 1 is 0.328 bits per heavy atom. The number of aromatic nitrogens is 4. The van der Waals surface area contributed by atoms with Crippen LogP contribution in [0.3, 0.4) is 0 Å². The molecule has 0 radical (unpaired) electrons. The Morgan fingerprint density at radius 2 is 0.574 bits per heavy atom. The lowest BCUT2D eigenvalue weighted by molar-refractivity contribution is -0.138. The number of nitrogens with one attached hydrogen (secondary N) is 3. The van der Waals surface area contributed by atoms with Gasteiger partial charge in [-0.1, -0.05) is 36.4 Å². The summed E-state index contributed by atoms with van der Waals surface area (Å²) in [5, 5.41) is 0. The van der Waals surface area contributed by atoms with Crippen LogP contribution in [0.5, 0.6) is 0 Å². The summed E-state index contributed by atoms with van der Waals surface area (Å²) in [6.07, 6.45) is -13.9. The fraction of sp³-hybridized carbons (Fsp3) is 0.0750. The van der Waals surface area contributed by atoms with E-state index in [-0.39, 0.29) is 11.3 Å². The molecule has 21 heteroatoms. The average Bonchev–Trinajstić information content (AvgIpc) is 3.86. The lowest BCUT2D eigenvalue weighted by Gasteiger charge is -2.10. The number of fused-ring (bicyclic) bond motifs is 9. The van der Waals surface area contributed by atoms with Gasteiger partial charge in [-0.3, -0.25) is 0 Å². The first-order valence-corrected chi connectivity index (χ1v) is 23.2. The van der Waals surface area contributed by atoms with Crippen molar-refractivity contribution in [1.29, 1.82) is 0 Å². The highest BCUT2D eigenvalue weighted by Gasteiger charge is 2.34. The van der Waals surface area contributed by atoms with Crippen LogP contribution < -0.4 is 0 Å². The Balaban J connectivity index is 1.65. The molecular weight excluding hydrogens is 1350 g/mol. The molecule has 4 aromatic heterocycles. The Kier molecular flexibility index (Phi) is 12.0. The van der Waals surface area contributed by atoms with E-state index in [2.05, 4.69) is 142 Å². The van der Waals surface area contributed by atoms with Crippen molar-refractivity contribution in [3.8, 4) is 33.4 Å². The van der Waals surface area contributed by atoms with E-state index in [1.807, 2.05) is 0 Å². The van der Waals surface area contributed by atoms with Gasteiger partial charge in [-0.05, 0) is 181 Å². The SMILES string of the molecule is FC(F)(F)c1ccc(-c2c3nc(c4[nH]c(c(Br)c4Br)c(-c4ccc(C(F)(F)F)cc4)c4[nH]c(c(Br)c4Br)c(-c4ccc(C(F)(F)F)cc4)c4[nH]c2c(Br)c4Br)C(Br)=C3Br)cc1. The maximum Gasteiger partial charge on any atom is 0.416 e. The Labute approximate surface area is 404 Å². The van der Waals surface area contributed by atoms with E-state index in [9.17, 15) is 39.5 Å². The van der Waals surface area contributed by atoms with E-state index < -0.39 is 35.2 Å². The van der Waals surface area contributed by atoms with Crippen molar-refractivity contribution in [3.05, 3.63) is 128 Å². The summed E-state index contributed by atoms with van der Waals surface area (Å²) in [6, 6.07) is 13.4. The number of hydrogen-bond donors (Lipinski definition) is 3. The van der Waals surface area contributed by atoms with Crippen molar-refractivity contribution in [2.75, 3.05) is 0 Å². The normalized spacial score (nSPS) is 13.3. The molecule has 0 saturated carbocycles. The molecular formula is C40H15Br8F9N4. The summed E-state index contributed by atoms with van der Waals surface area (Å²) < 4.78 is 128. The van der Waals surface area contributed by atoms with Gasteiger partial charge in [-0.15, -0.1) is 0 Å². The molecule has 7 aromatic rings. The third kappa shape index (κ3) is 7.96. The maximum atomic E-state index is 13.9. The zero-order valence-corrected chi connectivity index (χ0v) is 42.0. The van der Waals surface area contributed by atoms with Crippen molar-refractivity contribution in [3.63, 3.8) is 0 Å². The third-order valence-corrected chi connectivity index (χ3v) is 18.1. The molecule has 1 aliphatic rings. The second kappa shape index (κ2) is 16.2. The summed E-state index contributed by atoms with van der Waals surface area (Å²) in [5.41, 5.74) is 1.91. The quantitative estimate of drug-likeness (QED) is 0.152. The first-order chi connectivity index (χ1) is 28.5. The van der Waals surface area contributed by atoms with Crippen LogP contribution in [0.15, 0.2) is 99.6 Å². The molecule has 0 amide bonds. The minimum Gasteiger partial charge on any atom is -0.352 e. The van der Waals surface area contributed by atoms with Crippen LogP contribution >= 0.6 is 127 Å². The van der Waals surface area contributed by atoms with E-state index >= 15 is 0 Å². The largest absolute Gasteiger partial charge is 0.416 e. The van der Waals surface area contributed by atoms with Crippen molar-refractivity contribution in [2.24, 2.45) is 0 Å². The first kappa shape index (κ1) is 45.2. The number of nitrogens with zero attached hydrogens (tertiary/aromatic N) is 1. The van der Waals surface area contributed by atoms with Crippen LogP contribution in [-0.4, -0.2) is 19.9 Å². The standard InChI is InChI=1S/C40H15Br8F9N4/c41-22-24(43)32-20(14-3-9-17(10-4-14)39(52,53)54)34-26(45)28(47)36(60-34)37-29(48)27(46)35(61-37)21(15-5-11-18(12-6-15)40(55,56)57)33-25(44)23(42)31(59-33)19(30(22)58-32)13-1-7-16(8-2-13)38(49,50)51/h1-12,58-60H. The molecule has 61 heavy (non-hydrogen) atoms. The summed E-state index contributed by atoms with van der Waals surface area (Å²) in [5.74, 6) is 0. The lowest BCUT2D eigenvalue weighted by atomic mass is 10.0. The fourth-order valence-electron chi connectivity index (χ4n) is 6.84. The summed E-state index contributed by atoms with van der Waals surface area (Å²) in [6.45, 7) is 0. The molecule has 3 aromatic carbocycles. The molecule has 5 heterocycles. The Morgan fingerprint density at radius 3 is 0.885 bits per heavy atom. The van der Waals surface area contributed by atoms with Gasteiger partial charge in [0.05, 0.1) is 91.3 Å². The average molecular weight is 1360 g/mol. The van der Waals surface area contributed by atoms with E-state index in [4.69, 9.17) is 4.98 Å². The fourth-order valence-corrected chi connectivity index (χ4v) is 10.8. The number of H-pyrrole nitrogens is 3. The second-order valence-electron chi connectivity index (χ2n) is 13.3. The number of alkyl halides is 9. The van der Waals surface area contributed by atoms with Crippen molar-refractivity contribution in [1.82, 2.24) is 19.9 Å². The second-order valence-corrected chi connectivity index (χ2v) is 19.6. The highest BCUT2D eigenvalue weighted by molar-refractivity contribution is 9.18. The minimum absolute atomic E-state index is 0.269. The predicted molar refractivity (Wildman–Crippen MR) is 248 cm³/mol. The molecule has 0 saturated heterocycles. The minimum atomic E-state index is -4.65. The van der Waals surface area contributed by atoms with Crippen molar-refractivity contribution in [2.45, 2.75) is 18.5 Å². The van der Waals surface area contributed by atoms with Gasteiger partial charge in [-0.2, -0.15) is 39.5 Å². The number of aromatic amines is 3. The summed E-state index contributed by atoms with van der Waals surface area (Å²) >= 11 is 29.4. The summed E-state index contributed by atoms with van der Waals surface area (Å²) in [4.78, 5) is 15.2. The van der Waals surface area contributed by atoms with Crippen LogP contribution in [0.2, 0.25) is 0 Å². The molecule has 8 bridgehead atoms. The number of halogens is 17. The first-order valence-electron chi connectivity index (χ1n) is 16.9. The predicted octanol–water partition coefficient (Wildman–Crippen LogP) is 18.8. The zero-order chi connectivity index (χ0) is 44.2. The van der Waals surface area contributed by atoms with Crippen LogP contribution in [0.4, 0.5) is 39.5 Å². The van der Waals surface area contributed by atoms with Crippen molar-refractivity contribution < 1.29 is 39.5 Å². The molecule has 0 atom stereocenters. The molecule has 4 nitrogen and oxygen atoms in total. The summed E-state index contributed by atoms with van der Waals surface area (Å²) in [7, 11) is 0. The number of benzene rings is 3. The molecule has 0 aliphatic carbocycles. The smallest absolute Gasteiger partial charge is 0.352 e. The highest BCUT2D eigenvalue weighted by atomic mass is 79.9. The topological polar surface area (TPSA) is 60.3 Å². The Hall–Kier alpha value is -2.40. The third-order valence-electron chi connectivity index (χ3n) is 9.70.